The van der Waals surface area contributed by atoms with Gasteiger partial charge in [0.2, 0.25) is 0 Å². The molecule has 1 saturated heterocycles. The molecule has 0 spiro atoms. The topological polar surface area (TPSA) is 71.5 Å². The Morgan fingerprint density at radius 1 is 1.32 bits per heavy atom. The van der Waals surface area contributed by atoms with E-state index in [4.69, 9.17) is 21.3 Å². The first kappa shape index (κ1) is 19.2. The normalized spacial score (nSPS) is 15.1. The molecule has 7 nitrogen and oxygen atoms in total. The minimum Gasteiger partial charge on any atom is -0.379 e. The zero-order chi connectivity index (χ0) is 19.5. The molecule has 0 N–H and O–H groups in total. The molecule has 0 saturated carbocycles. The number of aromatic nitrogens is 3. The Bertz CT molecular complexity index is 975. The number of amides is 1. The summed E-state index contributed by atoms with van der Waals surface area (Å²) in [6, 6.07) is 3.77. The molecule has 28 heavy (non-hydrogen) atoms. The van der Waals surface area contributed by atoms with Crippen LogP contribution < -0.4 is 4.90 Å². The molecule has 3 heterocycles. The highest BCUT2D eigenvalue weighted by Gasteiger charge is 2.24. The number of thiazole rings is 1. The number of carbonyl (C=O) groups is 1. The molecule has 146 valence electrons. The molecule has 1 aliphatic rings. The third-order valence-corrected chi connectivity index (χ3v) is 5.88. The van der Waals surface area contributed by atoms with Crippen molar-refractivity contribution >= 4 is 44.2 Å². The van der Waals surface area contributed by atoms with Gasteiger partial charge in [-0.15, -0.1) is 0 Å². The first-order chi connectivity index (χ1) is 13.6. The van der Waals surface area contributed by atoms with E-state index in [2.05, 4.69) is 14.9 Å². The molecule has 0 bridgehead atoms. The van der Waals surface area contributed by atoms with Crippen LogP contribution in [0.1, 0.15) is 16.1 Å². The molecule has 1 aliphatic heterocycles. The van der Waals surface area contributed by atoms with E-state index in [0.717, 1.165) is 48.6 Å². The van der Waals surface area contributed by atoms with E-state index in [-0.39, 0.29) is 5.91 Å². The Morgan fingerprint density at radius 2 is 2.14 bits per heavy atom. The third kappa shape index (κ3) is 4.15. The number of morpholine rings is 1. The molecule has 1 aromatic carbocycles. The van der Waals surface area contributed by atoms with Crippen molar-refractivity contribution in [2.24, 2.45) is 0 Å². The van der Waals surface area contributed by atoms with Crippen LogP contribution in [-0.2, 0) is 4.74 Å². The van der Waals surface area contributed by atoms with E-state index in [9.17, 15) is 4.79 Å². The molecule has 1 amide bonds. The molecule has 0 radical (unpaired) electrons. The van der Waals surface area contributed by atoms with Crippen LogP contribution >= 0.6 is 22.9 Å². The van der Waals surface area contributed by atoms with Crippen molar-refractivity contribution in [3.63, 3.8) is 0 Å². The average molecular weight is 418 g/mol. The second kappa shape index (κ2) is 8.48. The Kier molecular flexibility index (Phi) is 5.82. The molecule has 0 aliphatic carbocycles. The monoisotopic (exact) mass is 417 g/mol. The van der Waals surface area contributed by atoms with E-state index in [1.807, 2.05) is 19.1 Å². The summed E-state index contributed by atoms with van der Waals surface area (Å²) in [4.78, 5) is 30.1. The van der Waals surface area contributed by atoms with E-state index in [1.165, 1.54) is 23.7 Å². The van der Waals surface area contributed by atoms with Crippen LogP contribution in [0.5, 0.6) is 0 Å². The van der Waals surface area contributed by atoms with E-state index in [1.54, 1.807) is 11.1 Å². The van der Waals surface area contributed by atoms with E-state index in [0.29, 0.717) is 22.4 Å². The molecule has 2 aromatic heterocycles. The first-order valence-corrected chi connectivity index (χ1v) is 10.3. The van der Waals surface area contributed by atoms with Crippen LogP contribution in [0.25, 0.3) is 10.2 Å². The maximum absolute atomic E-state index is 13.2. The smallest absolute Gasteiger partial charge is 0.280 e. The summed E-state index contributed by atoms with van der Waals surface area (Å²) in [5.41, 5.74) is 2.16. The zero-order valence-corrected chi connectivity index (χ0v) is 17.0. The summed E-state index contributed by atoms with van der Waals surface area (Å²) in [6.07, 6.45) is 4.56. The lowest BCUT2D eigenvalue weighted by molar-refractivity contribution is 0.0391. The molecule has 0 atom stereocenters. The molecule has 0 unspecified atom stereocenters. The predicted molar refractivity (Wildman–Crippen MR) is 110 cm³/mol. The lowest BCUT2D eigenvalue weighted by Gasteiger charge is -2.29. The number of aryl methyl sites for hydroxylation is 1. The Hall–Kier alpha value is -2.13. The molecular formula is C19H20ClN5O2S. The fraction of sp³-hybridized carbons (Fsp3) is 0.368. The lowest BCUT2D eigenvalue weighted by Crippen LogP contribution is -2.43. The Morgan fingerprint density at radius 3 is 2.89 bits per heavy atom. The highest BCUT2D eigenvalue weighted by molar-refractivity contribution is 7.22. The van der Waals surface area contributed by atoms with Gasteiger partial charge in [-0.05, 0) is 24.6 Å². The van der Waals surface area contributed by atoms with Crippen molar-refractivity contribution < 1.29 is 9.53 Å². The van der Waals surface area contributed by atoms with E-state index >= 15 is 0 Å². The lowest BCUT2D eigenvalue weighted by atomic mass is 10.2. The van der Waals surface area contributed by atoms with Gasteiger partial charge < -0.3 is 4.74 Å². The predicted octanol–water partition coefficient (Wildman–Crippen LogP) is 3.03. The molecular weight excluding hydrogens is 398 g/mol. The SMILES string of the molecule is Cc1cc(Cl)cc2sc(N(CCN3CCOCC3)C(=O)c3cnccn3)nc12. The summed E-state index contributed by atoms with van der Waals surface area (Å²) >= 11 is 7.66. The number of carbonyl (C=O) groups excluding carboxylic acids is 1. The second-order valence-corrected chi connectivity index (χ2v) is 8.01. The van der Waals surface area contributed by atoms with E-state index < -0.39 is 0 Å². The maximum Gasteiger partial charge on any atom is 0.280 e. The number of benzene rings is 1. The number of nitrogens with zero attached hydrogens (tertiary/aromatic N) is 5. The average Bonchev–Trinajstić information content (AvgIpc) is 3.13. The van der Waals surface area contributed by atoms with Crippen molar-refractivity contribution in [3.8, 4) is 0 Å². The minimum absolute atomic E-state index is 0.204. The quantitative estimate of drug-likeness (QED) is 0.635. The van der Waals surface area contributed by atoms with Crippen LogP contribution in [0, 0.1) is 6.92 Å². The maximum atomic E-state index is 13.2. The van der Waals surface area contributed by atoms with Crippen molar-refractivity contribution in [3.05, 3.63) is 47.0 Å². The standard InChI is InChI=1S/C19H20ClN5O2S/c1-13-10-14(20)11-16-17(13)23-19(28-16)25(5-4-24-6-8-27-9-7-24)18(26)15-12-21-2-3-22-15/h2-3,10-12H,4-9H2,1H3. The highest BCUT2D eigenvalue weighted by Crippen LogP contribution is 2.33. The van der Waals surface area contributed by atoms with Gasteiger partial charge in [0, 0.05) is 43.6 Å². The van der Waals surface area contributed by atoms with Gasteiger partial charge in [0.25, 0.3) is 5.91 Å². The van der Waals surface area contributed by atoms with Gasteiger partial charge >= 0.3 is 0 Å². The number of ether oxygens (including phenoxy) is 1. The van der Waals surface area contributed by atoms with Crippen LogP contribution in [0.3, 0.4) is 0 Å². The van der Waals surface area contributed by atoms with Crippen LogP contribution in [0.4, 0.5) is 5.13 Å². The summed E-state index contributed by atoms with van der Waals surface area (Å²) in [5, 5.41) is 1.31. The van der Waals surface area contributed by atoms with Gasteiger partial charge in [-0.1, -0.05) is 22.9 Å². The third-order valence-electron chi connectivity index (χ3n) is 4.64. The van der Waals surface area contributed by atoms with Crippen molar-refractivity contribution in [1.82, 2.24) is 19.9 Å². The van der Waals surface area contributed by atoms with Gasteiger partial charge in [-0.25, -0.2) is 9.97 Å². The fourth-order valence-corrected chi connectivity index (χ4v) is 4.60. The Balaban J connectivity index is 1.65. The van der Waals surface area contributed by atoms with Crippen LogP contribution in [0.2, 0.25) is 5.02 Å². The van der Waals surface area contributed by atoms with Gasteiger partial charge in [-0.2, -0.15) is 0 Å². The number of fused-ring (bicyclic) bond motifs is 1. The van der Waals surface area contributed by atoms with Crippen LogP contribution in [0.15, 0.2) is 30.7 Å². The number of hydrogen-bond donors (Lipinski definition) is 0. The van der Waals surface area contributed by atoms with Gasteiger partial charge in [-0.3, -0.25) is 19.6 Å². The first-order valence-electron chi connectivity index (χ1n) is 9.06. The molecule has 4 rings (SSSR count). The highest BCUT2D eigenvalue weighted by atomic mass is 35.5. The number of hydrogen-bond acceptors (Lipinski definition) is 7. The van der Waals surface area contributed by atoms with Crippen molar-refractivity contribution in [1.29, 1.82) is 0 Å². The van der Waals surface area contributed by atoms with Crippen molar-refractivity contribution in [2.45, 2.75) is 6.92 Å². The molecule has 3 aromatic rings. The largest absolute Gasteiger partial charge is 0.379 e. The zero-order valence-electron chi connectivity index (χ0n) is 15.5. The number of halogens is 1. The van der Waals surface area contributed by atoms with Crippen molar-refractivity contribution in [2.75, 3.05) is 44.3 Å². The van der Waals surface area contributed by atoms with Crippen LogP contribution in [-0.4, -0.2) is 65.2 Å². The Labute approximate surface area is 171 Å². The second-order valence-electron chi connectivity index (χ2n) is 6.57. The molecule has 9 heteroatoms. The summed E-state index contributed by atoms with van der Waals surface area (Å²) in [5.74, 6) is -0.204. The van der Waals surface area contributed by atoms with Gasteiger partial charge in [0.1, 0.15) is 5.69 Å². The fourth-order valence-electron chi connectivity index (χ4n) is 3.16. The van der Waals surface area contributed by atoms with Gasteiger partial charge in [0.05, 0.1) is 29.6 Å². The number of anilines is 1. The minimum atomic E-state index is -0.204. The summed E-state index contributed by atoms with van der Waals surface area (Å²) < 4.78 is 6.37. The number of rotatable bonds is 5. The molecule has 1 fully saturated rings. The summed E-state index contributed by atoms with van der Waals surface area (Å²) in [7, 11) is 0. The van der Waals surface area contributed by atoms with Gasteiger partial charge in [0.15, 0.2) is 5.13 Å². The summed E-state index contributed by atoms with van der Waals surface area (Å²) in [6.45, 7) is 6.39.